The maximum absolute atomic E-state index is 11.9. The van der Waals surface area contributed by atoms with Crippen LogP contribution in [0, 0.1) is 13.8 Å². The Labute approximate surface area is 142 Å². The fourth-order valence-corrected chi connectivity index (χ4v) is 3.22. The highest BCUT2D eigenvalue weighted by Gasteiger charge is 2.22. The van der Waals surface area contributed by atoms with Gasteiger partial charge in [0.05, 0.1) is 23.0 Å². The van der Waals surface area contributed by atoms with Crippen molar-refractivity contribution in [2.45, 2.75) is 52.1 Å². The van der Waals surface area contributed by atoms with Crippen LogP contribution in [0.3, 0.4) is 0 Å². The fraction of sp³-hybridized carbons (Fsp3) is 0.750. The Morgan fingerprint density at radius 3 is 2.87 bits per heavy atom. The van der Waals surface area contributed by atoms with Crippen molar-refractivity contribution < 1.29 is 9.90 Å². The average Bonchev–Trinajstić information content (AvgIpc) is 3.08. The van der Waals surface area contributed by atoms with Crippen LogP contribution in [0.2, 0.25) is 5.02 Å². The third kappa shape index (κ3) is 4.93. The summed E-state index contributed by atoms with van der Waals surface area (Å²) in [5.74, 6) is -0.0401. The van der Waals surface area contributed by atoms with E-state index in [1.807, 2.05) is 13.8 Å². The molecule has 2 rings (SSSR count). The van der Waals surface area contributed by atoms with E-state index in [0.29, 0.717) is 17.6 Å². The van der Waals surface area contributed by atoms with E-state index < -0.39 is 0 Å². The molecule has 0 radical (unpaired) electrons. The molecule has 1 fully saturated rings. The Bertz CT molecular complexity index is 532. The minimum atomic E-state index is -0.0401. The maximum atomic E-state index is 11.9. The molecule has 7 heteroatoms. The van der Waals surface area contributed by atoms with Crippen molar-refractivity contribution in [1.29, 1.82) is 0 Å². The van der Waals surface area contributed by atoms with Gasteiger partial charge in [-0.05, 0) is 52.6 Å². The van der Waals surface area contributed by atoms with Gasteiger partial charge < -0.3 is 10.4 Å². The molecule has 1 saturated heterocycles. The minimum Gasteiger partial charge on any atom is -0.395 e. The summed E-state index contributed by atoms with van der Waals surface area (Å²) in [5.41, 5.74) is 1.57. The lowest BCUT2D eigenvalue weighted by Gasteiger charge is -2.22. The van der Waals surface area contributed by atoms with Crippen molar-refractivity contribution in [2.75, 3.05) is 26.2 Å². The summed E-state index contributed by atoms with van der Waals surface area (Å²) in [6.07, 6.45) is 4.24. The third-order valence-electron chi connectivity index (χ3n) is 4.49. The lowest BCUT2D eigenvalue weighted by atomic mass is 10.2. The lowest BCUT2D eigenvalue weighted by molar-refractivity contribution is -0.121. The van der Waals surface area contributed by atoms with Crippen LogP contribution in [-0.4, -0.2) is 58.0 Å². The van der Waals surface area contributed by atoms with Gasteiger partial charge in [-0.2, -0.15) is 5.10 Å². The molecule has 130 valence electrons. The maximum Gasteiger partial charge on any atom is 0.241 e. The summed E-state index contributed by atoms with van der Waals surface area (Å²) < 4.78 is 1.64. The molecule has 6 nitrogen and oxygen atoms in total. The molecule has 1 atom stereocenters. The van der Waals surface area contributed by atoms with Crippen molar-refractivity contribution in [3.8, 4) is 0 Å². The minimum absolute atomic E-state index is 0.0401. The first kappa shape index (κ1) is 18.2. The molecule has 23 heavy (non-hydrogen) atoms. The van der Waals surface area contributed by atoms with Crippen LogP contribution >= 0.6 is 11.6 Å². The van der Waals surface area contributed by atoms with Gasteiger partial charge in [0.2, 0.25) is 5.91 Å². The van der Waals surface area contributed by atoms with Crippen molar-refractivity contribution in [2.24, 2.45) is 0 Å². The summed E-state index contributed by atoms with van der Waals surface area (Å²) in [5, 5.41) is 17.1. The van der Waals surface area contributed by atoms with E-state index in [4.69, 9.17) is 11.6 Å². The van der Waals surface area contributed by atoms with E-state index in [9.17, 15) is 9.90 Å². The predicted molar refractivity (Wildman–Crippen MR) is 90.6 cm³/mol. The molecule has 0 saturated carbocycles. The smallest absolute Gasteiger partial charge is 0.241 e. The van der Waals surface area contributed by atoms with E-state index >= 15 is 0 Å². The SMILES string of the molecule is Cc1nn(CC(=O)NCCCCN2CCCC2CO)c(C)c1Cl. The number of hydrogen-bond acceptors (Lipinski definition) is 4. The number of carbonyl (C=O) groups is 1. The fourth-order valence-electron chi connectivity index (χ4n) is 3.08. The zero-order chi connectivity index (χ0) is 16.8. The molecule has 1 aromatic heterocycles. The topological polar surface area (TPSA) is 70.4 Å². The molecule has 0 spiro atoms. The Balaban J connectivity index is 1.62. The van der Waals surface area contributed by atoms with Crippen LogP contribution < -0.4 is 5.32 Å². The number of rotatable bonds is 8. The van der Waals surface area contributed by atoms with Gasteiger partial charge in [0.25, 0.3) is 0 Å². The molecule has 0 aromatic carbocycles. The van der Waals surface area contributed by atoms with Gasteiger partial charge in [0, 0.05) is 12.6 Å². The first-order valence-corrected chi connectivity index (χ1v) is 8.71. The predicted octanol–water partition coefficient (Wildman–Crippen LogP) is 1.51. The number of amides is 1. The molecule has 2 heterocycles. The van der Waals surface area contributed by atoms with Crippen LogP contribution in [-0.2, 0) is 11.3 Å². The summed E-state index contributed by atoms with van der Waals surface area (Å²) in [6, 6.07) is 0.334. The molecule has 0 aliphatic carbocycles. The van der Waals surface area contributed by atoms with Gasteiger partial charge in [0.1, 0.15) is 6.54 Å². The van der Waals surface area contributed by atoms with Gasteiger partial charge in [-0.15, -0.1) is 0 Å². The summed E-state index contributed by atoms with van der Waals surface area (Å²) in [4.78, 5) is 14.3. The molecule has 1 unspecified atom stereocenters. The van der Waals surface area contributed by atoms with Crippen LogP contribution in [0.4, 0.5) is 0 Å². The van der Waals surface area contributed by atoms with Crippen LogP contribution in [0.5, 0.6) is 0 Å². The Hall–Kier alpha value is -1.11. The zero-order valence-corrected chi connectivity index (χ0v) is 14.8. The third-order valence-corrected chi connectivity index (χ3v) is 5.04. The Kier molecular flexibility index (Phi) is 6.87. The zero-order valence-electron chi connectivity index (χ0n) is 14.0. The highest BCUT2D eigenvalue weighted by molar-refractivity contribution is 6.31. The summed E-state index contributed by atoms with van der Waals surface area (Å²) >= 11 is 6.08. The average molecular weight is 343 g/mol. The van der Waals surface area contributed by atoms with Gasteiger partial charge >= 0.3 is 0 Å². The van der Waals surface area contributed by atoms with E-state index in [2.05, 4.69) is 15.3 Å². The number of aliphatic hydroxyl groups is 1. The number of aromatic nitrogens is 2. The summed E-state index contributed by atoms with van der Waals surface area (Å²) in [7, 11) is 0. The van der Waals surface area contributed by atoms with Gasteiger partial charge in [-0.3, -0.25) is 14.4 Å². The summed E-state index contributed by atoms with van der Waals surface area (Å²) in [6.45, 7) is 6.90. The molecular weight excluding hydrogens is 316 g/mol. The quantitative estimate of drug-likeness (QED) is 0.702. The first-order chi connectivity index (χ1) is 11.0. The number of carbonyl (C=O) groups excluding carboxylic acids is 1. The lowest BCUT2D eigenvalue weighted by Crippen LogP contribution is -2.34. The molecular formula is C16H27ClN4O2. The second-order valence-electron chi connectivity index (χ2n) is 6.21. The number of nitrogens with zero attached hydrogens (tertiary/aromatic N) is 3. The number of likely N-dealkylation sites (tertiary alicyclic amines) is 1. The van der Waals surface area contributed by atoms with Gasteiger partial charge in [-0.1, -0.05) is 11.6 Å². The van der Waals surface area contributed by atoms with Crippen LogP contribution in [0.15, 0.2) is 0 Å². The first-order valence-electron chi connectivity index (χ1n) is 8.34. The Morgan fingerprint density at radius 2 is 2.22 bits per heavy atom. The van der Waals surface area contributed by atoms with Crippen molar-refractivity contribution in [3.63, 3.8) is 0 Å². The van der Waals surface area contributed by atoms with Crippen molar-refractivity contribution in [1.82, 2.24) is 20.0 Å². The number of hydrogen-bond donors (Lipinski definition) is 2. The van der Waals surface area contributed by atoms with Crippen LogP contribution in [0.1, 0.15) is 37.1 Å². The largest absolute Gasteiger partial charge is 0.395 e. The van der Waals surface area contributed by atoms with E-state index in [-0.39, 0.29) is 19.1 Å². The molecule has 1 aliphatic heterocycles. The normalized spacial score (nSPS) is 18.5. The van der Waals surface area contributed by atoms with Gasteiger partial charge in [0.15, 0.2) is 0 Å². The second-order valence-corrected chi connectivity index (χ2v) is 6.59. The highest BCUT2D eigenvalue weighted by Crippen LogP contribution is 2.18. The molecule has 0 bridgehead atoms. The molecule has 2 N–H and O–H groups in total. The van der Waals surface area contributed by atoms with Crippen LogP contribution in [0.25, 0.3) is 0 Å². The highest BCUT2D eigenvalue weighted by atomic mass is 35.5. The number of halogens is 1. The molecule has 1 aromatic rings. The van der Waals surface area contributed by atoms with Crippen molar-refractivity contribution in [3.05, 3.63) is 16.4 Å². The number of nitrogens with one attached hydrogen (secondary N) is 1. The Morgan fingerprint density at radius 1 is 1.43 bits per heavy atom. The van der Waals surface area contributed by atoms with E-state index in [1.165, 1.54) is 6.42 Å². The van der Waals surface area contributed by atoms with Gasteiger partial charge in [-0.25, -0.2) is 0 Å². The van der Waals surface area contributed by atoms with Crippen molar-refractivity contribution >= 4 is 17.5 Å². The second kappa shape index (κ2) is 8.66. The van der Waals surface area contributed by atoms with E-state index in [1.54, 1.807) is 4.68 Å². The molecule has 1 amide bonds. The van der Waals surface area contributed by atoms with E-state index in [0.717, 1.165) is 43.7 Å². The number of aliphatic hydroxyl groups excluding tert-OH is 1. The number of unbranched alkanes of at least 4 members (excludes halogenated alkanes) is 1. The number of aryl methyl sites for hydroxylation is 1. The standard InChI is InChI=1S/C16H27ClN4O2/c1-12-16(17)13(2)21(19-12)10-15(23)18-7-3-4-8-20-9-5-6-14(20)11-22/h14,22H,3-11H2,1-2H3,(H,18,23). The monoisotopic (exact) mass is 342 g/mol. The molecule has 1 aliphatic rings.